The van der Waals surface area contributed by atoms with E-state index in [4.69, 9.17) is 0 Å². The molecule has 1 saturated carbocycles. The summed E-state index contributed by atoms with van der Waals surface area (Å²) >= 11 is 0. The molecule has 11 heavy (non-hydrogen) atoms. The maximum absolute atomic E-state index is 12.7. The van der Waals surface area contributed by atoms with Gasteiger partial charge in [0.2, 0.25) is 5.91 Å². The highest BCUT2D eigenvalue weighted by molar-refractivity contribution is 5.88. The summed E-state index contributed by atoms with van der Waals surface area (Å²) < 4.78 is 25.3. The number of hydrogen-bond donors (Lipinski definition) is 1. The molecule has 2 fully saturated rings. The molecular formula is C7H9F2NO. The van der Waals surface area contributed by atoms with Crippen LogP contribution >= 0.6 is 0 Å². The number of alkyl halides is 2. The minimum Gasteiger partial charge on any atom is -0.355 e. The van der Waals surface area contributed by atoms with E-state index in [1.165, 1.54) is 0 Å². The van der Waals surface area contributed by atoms with E-state index in [1.54, 1.807) is 0 Å². The van der Waals surface area contributed by atoms with Crippen molar-refractivity contribution in [3.05, 3.63) is 0 Å². The number of nitrogens with one attached hydrogen (secondary N) is 1. The molecule has 0 aromatic carbocycles. The maximum Gasteiger partial charge on any atom is 0.263 e. The van der Waals surface area contributed by atoms with E-state index < -0.39 is 17.2 Å². The highest BCUT2D eigenvalue weighted by Crippen LogP contribution is 2.63. The second-order valence-corrected chi connectivity index (χ2v) is 3.32. The fraction of sp³-hybridized carbons (Fsp3) is 0.857. The lowest BCUT2D eigenvalue weighted by atomic mass is 9.95. The zero-order valence-corrected chi connectivity index (χ0v) is 5.99. The van der Waals surface area contributed by atoms with Crippen molar-refractivity contribution in [1.29, 1.82) is 0 Å². The molecule has 1 atom stereocenters. The van der Waals surface area contributed by atoms with E-state index in [0.29, 0.717) is 19.4 Å². The van der Waals surface area contributed by atoms with E-state index in [0.717, 1.165) is 0 Å². The molecule has 62 valence electrons. The van der Waals surface area contributed by atoms with Crippen molar-refractivity contribution in [2.24, 2.45) is 5.41 Å². The van der Waals surface area contributed by atoms with E-state index in [9.17, 15) is 13.6 Å². The van der Waals surface area contributed by atoms with Gasteiger partial charge in [0.1, 0.15) is 5.41 Å². The largest absolute Gasteiger partial charge is 0.355 e. The van der Waals surface area contributed by atoms with Crippen LogP contribution in [0, 0.1) is 5.41 Å². The van der Waals surface area contributed by atoms with Crippen molar-refractivity contribution in [3.8, 4) is 0 Å². The summed E-state index contributed by atoms with van der Waals surface area (Å²) in [6.07, 6.45) is 0.791. The lowest BCUT2D eigenvalue weighted by Crippen LogP contribution is -2.40. The van der Waals surface area contributed by atoms with E-state index in [1.807, 2.05) is 0 Å². The summed E-state index contributed by atoms with van der Waals surface area (Å²) in [6.45, 7) is 0.552. The maximum atomic E-state index is 12.7. The van der Waals surface area contributed by atoms with Crippen molar-refractivity contribution >= 4 is 5.91 Å². The summed E-state index contributed by atoms with van der Waals surface area (Å²) in [7, 11) is 0. The molecule has 1 aliphatic carbocycles. The number of halogens is 2. The van der Waals surface area contributed by atoms with Gasteiger partial charge in [0.05, 0.1) is 0 Å². The first-order valence-electron chi connectivity index (χ1n) is 3.75. The van der Waals surface area contributed by atoms with Crippen LogP contribution in [0.2, 0.25) is 0 Å². The molecule has 0 bridgehead atoms. The van der Waals surface area contributed by atoms with Gasteiger partial charge < -0.3 is 5.32 Å². The minimum absolute atomic E-state index is 0.244. The lowest BCUT2D eigenvalue weighted by Gasteiger charge is -2.21. The third-order valence-corrected chi connectivity index (χ3v) is 2.60. The SMILES string of the molecule is O=C1NCCCC12CC2(F)F. The lowest BCUT2D eigenvalue weighted by molar-refractivity contribution is -0.132. The van der Waals surface area contributed by atoms with Crippen LogP contribution < -0.4 is 5.32 Å². The Hall–Kier alpha value is -0.670. The minimum atomic E-state index is -2.72. The Bertz CT molecular complexity index is 216. The number of amides is 1. The predicted octanol–water partition coefficient (Wildman–Crippen LogP) is 0.922. The van der Waals surface area contributed by atoms with Crippen LogP contribution in [-0.2, 0) is 4.79 Å². The van der Waals surface area contributed by atoms with Gasteiger partial charge in [-0.3, -0.25) is 4.79 Å². The van der Waals surface area contributed by atoms with Gasteiger partial charge in [0, 0.05) is 13.0 Å². The normalized spacial score (nSPS) is 40.4. The number of carbonyl (C=O) groups is 1. The predicted molar refractivity (Wildman–Crippen MR) is 34.2 cm³/mol. The van der Waals surface area contributed by atoms with Gasteiger partial charge in [-0.25, -0.2) is 8.78 Å². The van der Waals surface area contributed by atoms with Crippen LogP contribution in [0.25, 0.3) is 0 Å². The fourth-order valence-corrected chi connectivity index (χ4v) is 1.73. The first-order valence-corrected chi connectivity index (χ1v) is 3.75. The molecule has 1 spiro atoms. The van der Waals surface area contributed by atoms with Crippen LogP contribution in [0.4, 0.5) is 8.78 Å². The average molecular weight is 161 g/mol. The molecule has 2 nitrogen and oxygen atoms in total. The summed E-state index contributed by atoms with van der Waals surface area (Å²) in [5.41, 5.74) is -1.30. The fourth-order valence-electron chi connectivity index (χ4n) is 1.73. The molecule has 1 heterocycles. The van der Waals surface area contributed by atoms with Gasteiger partial charge in [-0.15, -0.1) is 0 Å². The highest BCUT2D eigenvalue weighted by Gasteiger charge is 2.75. The Morgan fingerprint density at radius 3 is 2.45 bits per heavy atom. The topological polar surface area (TPSA) is 29.1 Å². The van der Waals surface area contributed by atoms with Gasteiger partial charge >= 0.3 is 0 Å². The van der Waals surface area contributed by atoms with Crippen molar-refractivity contribution in [2.75, 3.05) is 6.54 Å². The monoisotopic (exact) mass is 161 g/mol. The van der Waals surface area contributed by atoms with Gasteiger partial charge in [0.25, 0.3) is 5.92 Å². The van der Waals surface area contributed by atoms with Crippen LogP contribution in [0.3, 0.4) is 0 Å². The zero-order chi connectivity index (χ0) is 8.11. The number of hydrogen-bond acceptors (Lipinski definition) is 1. The van der Waals surface area contributed by atoms with Gasteiger partial charge in [-0.2, -0.15) is 0 Å². The van der Waals surface area contributed by atoms with Gasteiger partial charge in [-0.1, -0.05) is 0 Å². The van der Waals surface area contributed by atoms with E-state index in [2.05, 4.69) is 5.32 Å². The first-order chi connectivity index (χ1) is 5.08. The number of rotatable bonds is 0. The van der Waals surface area contributed by atoms with Crippen LogP contribution in [-0.4, -0.2) is 18.4 Å². The number of carbonyl (C=O) groups excluding carboxylic acids is 1. The summed E-state index contributed by atoms with van der Waals surface area (Å²) in [5.74, 6) is -3.17. The molecule has 1 saturated heterocycles. The Kier molecular flexibility index (Phi) is 1.10. The van der Waals surface area contributed by atoms with E-state index >= 15 is 0 Å². The molecule has 2 rings (SSSR count). The molecular weight excluding hydrogens is 152 g/mol. The summed E-state index contributed by atoms with van der Waals surface area (Å²) in [4.78, 5) is 11.0. The highest BCUT2D eigenvalue weighted by atomic mass is 19.3. The Balaban J connectivity index is 2.20. The van der Waals surface area contributed by atoms with E-state index in [-0.39, 0.29) is 6.42 Å². The van der Waals surface area contributed by atoms with Crippen molar-refractivity contribution < 1.29 is 13.6 Å². The van der Waals surface area contributed by atoms with Gasteiger partial charge in [-0.05, 0) is 12.8 Å². The Morgan fingerprint density at radius 2 is 2.09 bits per heavy atom. The second kappa shape index (κ2) is 1.73. The first kappa shape index (κ1) is 7.00. The molecule has 0 aromatic heterocycles. The second-order valence-electron chi connectivity index (χ2n) is 3.32. The molecule has 1 unspecified atom stereocenters. The smallest absolute Gasteiger partial charge is 0.263 e. The quantitative estimate of drug-likeness (QED) is 0.562. The van der Waals surface area contributed by atoms with Crippen LogP contribution in [0.5, 0.6) is 0 Å². The Morgan fingerprint density at radius 1 is 1.45 bits per heavy atom. The third-order valence-electron chi connectivity index (χ3n) is 2.60. The molecule has 1 amide bonds. The van der Waals surface area contributed by atoms with Crippen molar-refractivity contribution in [1.82, 2.24) is 5.32 Å². The molecule has 0 radical (unpaired) electrons. The van der Waals surface area contributed by atoms with Crippen molar-refractivity contribution in [3.63, 3.8) is 0 Å². The van der Waals surface area contributed by atoms with Crippen molar-refractivity contribution in [2.45, 2.75) is 25.2 Å². The molecule has 1 N–H and O–H groups in total. The summed E-state index contributed by atoms with van der Waals surface area (Å²) in [6, 6.07) is 0. The summed E-state index contributed by atoms with van der Waals surface area (Å²) in [5, 5.41) is 2.47. The number of piperidine rings is 1. The van der Waals surface area contributed by atoms with Gasteiger partial charge in [0.15, 0.2) is 0 Å². The third kappa shape index (κ3) is 0.723. The molecule has 0 aromatic rings. The average Bonchev–Trinajstić information content (AvgIpc) is 2.45. The zero-order valence-electron chi connectivity index (χ0n) is 5.99. The van der Waals surface area contributed by atoms with Crippen LogP contribution in [0.1, 0.15) is 19.3 Å². The van der Waals surface area contributed by atoms with Crippen LogP contribution in [0.15, 0.2) is 0 Å². The standard InChI is InChI=1S/C7H9F2NO/c8-7(9)4-6(7)2-1-3-10-5(6)11/h1-4H2,(H,10,11). The Labute approximate surface area is 63.0 Å². The molecule has 4 heteroatoms. The molecule has 2 aliphatic rings. The molecule has 1 aliphatic heterocycles.